The van der Waals surface area contributed by atoms with Gasteiger partial charge in [-0.3, -0.25) is 5.41 Å². The van der Waals surface area contributed by atoms with E-state index in [0.717, 1.165) is 12.8 Å². The van der Waals surface area contributed by atoms with Crippen molar-refractivity contribution in [1.29, 1.82) is 5.41 Å². The minimum atomic E-state index is -3.04. The number of nitrogens with one attached hydrogen (secondary N) is 1. The zero-order valence-electron chi connectivity index (χ0n) is 8.94. The third-order valence-corrected chi connectivity index (χ3v) is 4.32. The maximum Gasteiger partial charge on any atom is 0.211 e. The average molecular weight is 231 g/mol. The molecule has 1 aliphatic carbocycles. The van der Waals surface area contributed by atoms with Gasteiger partial charge in [0.2, 0.25) is 10.0 Å². The summed E-state index contributed by atoms with van der Waals surface area (Å²) in [4.78, 5) is 2.01. The Bertz CT molecular complexity index is 354. The fourth-order valence-corrected chi connectivity index (χ4v) is 2.70. The van der Waals surface area contributed by atoms with Crippen LogP contribution in [0.2, 0.25) is 0 Å². The molecule has 0 spiro atoms. The molecular formula is C9H17N3O2S. The topological polar surface area (TPSA) is 64.5 Å². The third-order valence-electron chi connectivity index (χ3n) is 3.01. The maximum atomic E-state index is 11.3. The van der Waals surface area contributed by atoms with Crippen molar-refractivity contribution >= 4 is 15.9 Å². The normalized spacial score (nSPS) is 24.2. The highest BCUT2D eigenvalue weighted by atomic mass is 32.2. The number of nitrogens with zero attached hydrogens (tertiary/aromatic N) is 2. The predicted molar refractivity (Wildman–Crippen MR) is 58.4 cm³/mol. The van der Waals surface area contributed by atoms with E-state index in [1.54, 1.807) is 0 Å². The maximum absolute atomic E-state index is 11.3. The van der Waals surface area contributed by atoms with E-state index < -0.39 is 10.0 Å². The number of amidine groups is 1. The summed E-state index contributed by atoms with van der Waals surface area (Å²) < 4.78 is 24.0. The molecule has 5 nitrogen and oxygen atoms in total. The van der Waals surface area contributed by atoms with Gasteiger partial charge in [-0.25, -0.2) is 8.42 Å². The molecule has 2 rings (SSSR count). The van der Waals surface area contributed by atoms with Crippen LogP contribution in [0.3, 0.4) is 0 Å². The van der Waals surface area contributed by atoms with Crippen LogP contribution in [0.5, 0.6) is 0 Å². The van der Waals surface area contributed by atoms with Gasteiger partial charge in [0.05, 0.1) is 12.1 Å². The second-order valence-electron chi connectivity index (χ2n) is 4.31. The first-order chi connectivity index (χ1) is 6.98. The molecule has 1 N–H and O–H groups in total. The summed E-state index contributed by atoms with van der Waals surface area (Å²) in [5.74, 6) is 1.16. The van der Waals surface area contributed by atoms with Crippen molar-refractivity contribution in [3.05, 3.63) is 0 Å². The fourth-order valence-electron chi connectivity index (χ4n) is 1.88. The van der Waals surface area contributed by atoms with Gasteiger partial charge in [0.1, 0.15) is 0 Å². The van der Waals surface area contributed by atoms with E-state index in [-0.39, 0.29) is 0 Å². The summed E-state index contributed by atoms with van der Waals surface area (Å²) >= 11 is 0. The molecular weight excluding hydrogens is 214 g/mol. The van der Waals surface area contributed by atoms with Crippen LogP contribution in [-0.4, -0.2) is 55.9 Å². The van der Waals surface area contributed by atoms with Crippen LogP contribution in [-0.2, 0) is 10.0 Å². The van der Waals surface area contributed by atoms with Crippen molar-refractivity contribution in [2.75, 3.05) is 32.4 Å². The highest BCUT2D eigenvalue weighted by Crippen LogP contribution is 2.31. The number of hydrogen-bond acceptors (Lipinski definition) is 3. The second kappa shape index (κ2) is 3.75. The minimum Gasteiger partial charge on any atom is -0.358 e. The Morgan fingerprint density at radius 1 is 1.20 bits per heavy atom. The molecule has 1 saturated heterocycles. The molecule has 0 radical (unpaired) electrons. The van der Waals surface area contributed by atoms with Crippen molar-refractivity contribution in [1.82, 2.24) is 9.21 Å². The Balaban J connectivity index is 1.89. The van der Waals surface area contributed by atoms with E-state index in [4.69, 9.17) is 5.41 Å². The Hall–Kier alpha value is -0.620. The van der Waals surface area contributed by atoms with Crippen molar-refractivity contribution < 1.29 is 8.42 Å². The lowest BCUT2D eigenvalue weighted by Gasteiger charge is -2.34. The lowest BCUT2D eigenvalue weighted by molar-refractivity contribution is 0.262. The van der Waals surface area contributed by atoms with Crippen LogP contribution < -0.4 is 0 Å². The first-order valence-corrected chi connectivity index (χ1v) is 7.12. The molecule has 86 valence electrons. The van der Waals surface area contributed by atoms with E-state index in [9.17, 15) is 8.42 Å². The number of rotatable bonds is 2. The molecule has 0 bridgehead atoms. The van der Waals surface area contributed by atoms with Gasteiger partial charge < -0.3 is 4.90 Å². The van der Waals surface area contributed by atoms with Crippen LogP contribution in [0.25, 0.3) is 0 Å². The van der Waals surface area contributed by atoms with E-state index in [1.165, 1.54) is 10.6 Å². The zero-order chi connectivity index (χ0) is 11.1. The van der Waals surface area contributed by atoms with Crippen LogP contribution in [0.4, 0.5) is 0 Å². The average Bonchev–Trinajstić information content (AvgIpc) is 2.99. The number of piperazine rings is 1. The van der Waals surface area contributed by atoms with Gasteiger partial charge in [-0.15, -0.1) is 0 Å². The third kappa shape index (κ3) is 2.49. The van der Waals surface area contributed by atoms with E-state index >= 15 is 0 Å². The molecule has 0 aromatic heterocycles. The molecule has 1 aliphatic heterocycles. The Morgan fingerprint density at radius 2 is 1.73 bits per heavy atom. The quantitative estimate of drug-likeness (QED) is 0.535. The predicted octanol–water partition coefficient (Wildman–Crippen LogP) is -0.0491. The highest BCUT2D eigenvalue weighted by Gasteiger charge is 2.32. The molecule has 0 aromatic rings. The van der Waals surface area contributed by atoms with Gasteiger partial charge in [-0.05, 0) is 12.8 Å². The van der Waals surface area contributed by atoms with E-state index in [1.807, 2.05) is 4.90 Å². The standard InChI is InChI=1S/C9H17N3O2S/c1-15(13,14)12-6-4-11(5-7-12)9(10)8-2-3-8/h8,10H,2-7H2,1H3. The molecule has 0 atom stereocenters. The molecule has 0 aromatic carbocycles. The van der Waals surface area contributed by atoms with Gasteiger partial charge in [-0.2, -0.15) is 4.31 Å². The molecule has 1 heterocycles. The number of sulfonamides is 1. The molecule has 2 aliphatic rings. The Morgan fingerprint density at radius 3 is 2.13 bits per heavy atom. The molecule has 0 amide bonds. The molecule has 1 saturated carbocycles. The van der Waals surface area contributed by atoms with Crippen LogP contribution >= 0.6 is 0 Å². The summed E-state index contributed by atoms with van der Waals surface area (Å²) in [6.07, 6.45) is 3.51. The summed E-state index contributed by atoms with van der Waals surface area (Å²) in [6, 6.07) is 0. The first-order valence-electron chi connectivity index (χ1n) is 5.27. The van der Waals surface area contributed by atoms with Crippen molar-refractivity contribution in [3.8, 4) is 0 Å². The van der Waals surface area contributed by atoms with Crippen LogP contribution in [0, 0.1) is 11.3 Å². The lowest BCUT2D eigenvalue weighted by Crippen LogP contribution is -2.50. The van der Waals surface area contributed by atoms with Crippen molar-refractivity contribution in [2.45, 2.75) is 12.8 Å². The van der Waals surface area contributed by atoms with Gasteiger partial charge >= 0.3 is 0 Å². The van der Waals surface area contributed by atoms with Gasteiger partial charge in [0, 0.05) is 32.1 Å². The largest absolute Gasteiger partial charge is 0.358 e. The fraction of sp³-hybridized carbons (Fsp3) is 0.889. The monoisotopic (exact) mass is 231 g/mol. The van der Waals surface area contributed by atoms with Crippen LogP contribution in [0.1, 0.15) is 12.8 Å². The smallest absolute Gasteiger partial charge is 0.211 e. The Kier molecular flexibility index (Phi) is 2.72. The van der Waals surface area contributed by atoms with Crippen molar-refractivity contribution in [3.63, 3.8) is 0 Å². The lowest BCUT2D eigenvalue weighted by atomic mass is 10.3. The number of hydrogen-bond donors (Lipinski definition) is 1. The molecule has 15 heavy (non-hydrogen) atoms. The molecule has 0 unspecified atom stereocenters. The first kappa shape index (κ1) is 10.9. The summed E-state index contributed by atoms with van der Waals surface area (Å²) in [7, 11) is -3.04. The minimum absolute atomic E-state index is 0.454. The van der Waals surface area contributed by atoms with Crippen LogP contribution in [0.15, 0.2) is 0 Å². The summed E-state index contributed by atoms with van der Waals surface area (Å²) in [5, 5.41) is 7.88. The van der Waals surface area contributed by atoms with Gasteiger partial charge in [0.15, 0.2) is 0 Å². The molecule has 6 heteroatoms. The van der Waals surface area contributed by atoms with Gasteiger partial charge in [-0.1, -0.05) is 0 Å². The van der Waals surface area contributed by atoms with Crippen molar-refractivity contribution in [2.24, 2.45) is 5.92 Å². The summed E-state index contributed by atoms with van der Waals surface area (Å²) in [6.45, 7) is 2.38. The SMILES string of the molecule is CS(=O)(=O)N1CCN(C(=N)C2CC2)CC1. The van der Waals surface area contributed by atoms with Gasteiger partial charge in [0.25, 0.3) is 0 Å². The Labute approximate surface area is 90.6 Å². The van der Waals surface area contributed by atoms with E-state index in [2.05, 4.69) is 0 Å². The summed E-state index contributed by atoms with van der Waals surface area (Å²) in [5.41, 5.74) is 0. The highest BCUT2D eigenvalue weighted by molar-refractivity contribution is 7.88. The molecule has 2 fully saturated rings. The zero-order valence-corrected chi connectivity index (χ0v) is 9.76. The second-order valence-corrected chi connectivity index (χ2v) is 6.29. The van der Waals surface area contributed by atoms with E-state index in [0.29, 0.717) is 37.9 Å².